The zero-order valence-corrected chi connectivity index (χ0v) is 11.7. The quantitative estimate of drug-likeness (QED) is 0.859. The lowest BCUT2D eigenvalue weighted by molar-refractivity contribution is 0.0571. The molecule has 0 radical (unpaired) electrons. The van der Waals surface area contributed by atoms with E-state index in [-0.39, 0.29) is 11.1 Å². The van der Waals surface area contributed by atoms with Crippen molar-refractivity contribution in [1.29, 1.82) is 0 Å². The normalized spacial score (nSPS) is 19.5. The van der Waals surface area contributed by atoms with Crippen LogP contribution < -0.4 is 5.73 Å². The molecule has 1 atom stereocenters. The molecule has 1 saturated heterocycles. The summed E-state index contributed by atoms with van der Waals surface area (Å²) in [6.45, 7) is 2.11. The molecule has 6 heteroatoms. The molecule has 104 valence electrons. The maximum Gasteiger partial charge on any atom is 0.257 e. The van der Waals surface area contributed by atoms with E-state index in [9.17, 15) is 4.79 Å². The van der Waals surface area contributed by atoms with Crippen molar-refractivity contribution in [2.45, 2.75) is 12.8 Å². The molecule has 1 unspecified atom stereocenters. The summed E-state index contributed by atoms with van der Waals surface area (Å²) < 4.78 is 5.16. The number of halogens is 1. The molecule has 1 fully saturated rings. The third-order valence-corrected chi connectivity index (χ3v) is 3.60. The molecule has 1 aliphatic heterocycles. The number of hydrogen-bond donors (Lipinski definition) is 1. The fourth-order valence-electron chi connectivity index (χ4n) is 2.41. The van der Waals surface area contributed by atoms with Crippen molar-refractivity contribution in [3.05, 3.63) is 23.0 Å². The Labute approximate surface area is 117 Å². The SMILES string of the molecule is COCC1CCCN(C(=O)c2cc(N)cnc2Cl)C1. The van der Waals surface area contributed by atoms with Gasteiger partial charge in [-0.3, -0.25) is 4.79 Å². The largest absolute Gasteiger partial charge is 0.397 e. The van der Waals surface area contributed by atoms with Gasteiger partial charge < -0.3 is 15.4 Å². The van der Waals surface area contributed by atoms with Crippen LogP contribution in [0.2, 0.25) is 5.15 Å². The Bertz CT molecular complexity index is 465. The van der Waals surface area contributed by atoms with Crippen LogP contribution in [0, 0.1) is 5.92 Å². The Kier molecular flexibility index (Phi) is 4.61. The first-order chi connectivity index (χ1) is 9.11. The van der Waals surface area contributed by atoms with Crippen molar-refractivity contribution >= 4 is 23.2 Å². The number of anilines is 1. The topological polar surface area (TPSA) is 68.5 Å². The van der Waals surface area contributed by atoms with Gasteiger partial charge in [0.1, 0.15) is 5.15 Å². The van der Waals surface area contributed by atoms with E-state index in [2.05, 4.69) is 4.98 Å². The van der Waals surface area contributed by atoms with Crippen LogP contribution in [0.5, 0.6) is 0 Å². The third kappa shape index (κ3) is 3.36. The number of piperidine rings is 1. The predicted octanol–water partition coefficient (Wildman–Crippen LogP) is 1.82. The molecule has 19 heavy (non-hydrogen) atoms. The number of aromatic nitrogens is 1. The lowest BCUT2D eigenvalue weighted by atomic mass is 9.98. The van der Waals surface area contributed by atoms with Crippen LogP contribution in [0.3, 0.4) is 0 Å². The van der Waals surface area contributed by atoms with Gasteiger partial charge in [0.25, 0.3) is 5.91 Å². The van der Waals surface area contributed by atoms with Gasteiger partial charge in [-0.1, -0.05) is 11.6 Å². The molecular formula is C13H18ClN3O2. The first-order valence-corrected chi connectivity index (χ1v) is 6.69. The highest BCUT2D eigenvalue weighted by atomic mass is 35.5. The minimum absolute atomic E-state index is 0.106. The second-order valence-electron chi connectivity index (χ2n) is 4.82. The van der Waals surface area contributed by atoms with Gasteiger partial charge in [0.2, 0.25) is 0 Å². The van der Waals surface area contributed by atoms with Gasteiger partial charge in [0, 0.05) is 20.2 Å². The van der Waals surface area contributed by atoms with Crippen LogP contribution in [0.4, 0.5) is 5.69 Å². The average Bonchev–Trinajstić information content (AvgIpc) is 2.41. The molecule has 0 bridgehead atoms. The number of ether oxygens (including phenoxy) is 1. The summed E-state index contributed by atoms with van der Waals surface area (Å²) in [5.41, 5.74) is 6.48. The molecule has 0 spiro atoms. The van der Waals surface area contributed by atoms with Gasteiger partial charge >= 0.3 is 0 Å². The number of likely N-dealkylation sites (tertiary alicyclic amines) is 1. The van der Waals surface area contributed by atoms with Crippen molar-refractivity contribution in [1.82, 2.24) is 9.88 Å². The summed E-state index contributed by atoms with van der Waals surface area (Å²) >= 11 is 5.97. The lowest BCUT2D eigenvalue weighted by Gasteiger charge is -2.32. The fraction of sp³-hybridized carbons (Fsp3) is 0.538. The highest BCUT2D eigenvalue weighted by Crippen LogP contribution is 2.22. The van der Waals surface area contributed by atoms with E-state index in [1.165, 1.54) is 6.20 Å². The van der Waals surface area contributed by atoms with Gasteiger partial charge in [-0.05, 0) is 24.8 Å². The summed E-state index contributed by atoms with van der Waals surface area (Å²) in [6, 6.07) is 1.58. The van der Waals surface area contributed by atoms with Crippen molar-refractivity contribution < 1.29 is 9.53 Å². The lowest BCUT2D eigenvalue weighted by Crippen LogP contribution is -2.41. The number of methoxy groups -OCH3 is 1. The minimum atomic E-state index is -0.106. The highest BCUT2D eigenvalue weighted by Gasteiger charge is 2.26. The van der Waals surface area contributed by atoms with Crippen molar-refractivity contribution in [2.24, 2.45) is 5.92 Å². The molecule has 2 heterocycles. The second kappa shape index (κ2) is 6.21. The maximum absolute atomic E-state index is 12.4. The zero-order valence-electron chi connectivity index (χ0n) is 10.9. The number of nitrogens with two attached hydrogens (primary N) is 1. The maximum atomic E-state index is 12.4. The molecule has 0 saturated carbocycles. The second-order valence-corrected chi connectivity index (χ2v) is 5.18. The first-order valence-electron chi connectivity index (χ1n) is 6.31. The molecule has 1 aliphatic rings. The molecule has 1 aromatic heterocycles. The van der Waals surface area contributed by atoms with E-state index >= 15 is 0 Å². The van der Waals surface area contributed by atoms with Crippen molar-refractivity contribution in [3.63, 3.8) is 0 Å². The van der Waals surface area contributed by atoms with Crippen LogP contribution in [0.15, 0.2) is 12.3 Å². The number of carbonyl (C=O) groups excluding carboxylic acids is 1. The molecule has 2 N–H and O–H groups in total. The van der Waals surface area contributed by atoms with Crippen molar-refractivity contribution in [3.8, 4) is 0 Å². The van der Waals surface area contributed by atoms with Gasteiger partial charge in [-0.25, -0.2) is 4.98 Å². The van der Waals surface area contributed by atoms with Crippen molar-refractivity contribution in [2.75, 3.05) is 32.5 Å². The molecule has 5 nitrogen and oxygen atoms in total. The summed E-state index contributed by atoms with van der Waals surface area (Å²) in [5, 5.41) is 0.202. The predicted molar refractivity (Wildman–Crippen MR) is 74.2 cm³/mol. The average molecular weight is 284 g/mol. The highest BCUT2D eigenvalue weighted by molar-refractivity contribution is 6.32. The number of carbonyl (C=O) groups is 1. The summed E-state index contributed by atoms with van der Waals surface area (Å²) in [4.78, 5) is 18.1. The molecule has 0 aromatic carbocycles. The van der Waals surface area contributed by atoms with Crippen LogP contribution in [-0.4, -0.2) is 42.6 Å². The Morgan fingerprint density at radius 1 is 1.68 bits per heavy atom. The number of pyridine rings is 1. The smallest absolute Gasteiger partial charge is 0.257 e. The molecule has 1 aromatic rings. The van der Waals surface area contributed by atoms with E-state index in [0.717, 1.165) is 19.4 Å². The zero-order chi connectivity index (χ0) is 13.8. The van der Waals surface area contributed by atoms with E-state index in [4.69, 9.17) is 22.1 Å². The summed E-state index contributed by atoms with van der Waals surface area (Å²) in [5.74, 6) is 0.279. The van der Waals surface area contributed by atoms with Crippen LogP contribution >= 0.6 is 11.6 Å². The Morgan fingerprint density at radius 2 is 2.47 bits per heavy atom. The van der Waals surface area contributed by atoms with E-state index in [1.54, 1.807) is 18.1 Å². The van der Waals surface area contributed by atoms with Crippen LogP contribution in [-0.2, 0) is 4.74 Å². The molecule has 2 rings (SSSR count). The summed E-state index contributed by atoms with van der Waals surface area (Å²) in [6.07, 6.45) is 3.51. The van der Waals surface area contributed by atoms with E-state index in [0.29, 0.717) is 30.3 Å². The number of rotatable bonds is 3. The minimum Gasteiger partial charge on any atom is -0.397 e. The van der Waals surface area contributed by atoms with Gasteiger partial charge in [0.15, 0.2) is 0 Å². The first kappa shape index (κ1) is 14.1. The Morgan fingerprint density at radius 3 is 3.21 bits per heavy atom. The monoisotopic (exact) mass is 283 g/mol. The molecule has 0 aliphatic carbocycles. The van der Waals surface area contributed by atoms with E-state index in [1.807, 2.05) is 0 Å². The number of amides is 1. The van der Waals surface area contributed by atoms with E-state index < -0.39 is 0 Å². The number of nitrogen functional groups attached to an aromatic ring is 1. The third-order valence-electron chi connectivity index (χ3n) is 3.30. The number of hydrogen-bond acceptors (Lipinski definition) is 4. The fourth-order valence-corrected chi connectivity index (χ4v) is 2.59. The molecule has 1 amide bonds. The van der Waals surface area contributed by atoms with Crippen LogP contribution in [0.1, 0.15) is 23.2 Å². The Hall–Kier alpha value is -1.33. The van der Waals surface area contributed by atoms with Gasteiger partial charge in [-0.15, -0.1) is 0 Å². The van der Waals surface area contributed by atoms with Crippen LogP contribution in [0.25, 0.3) is 0 Å². The van der Waals surface area contributed by atoms with Gasteiger partial charge in [0.05, 0.1) is 24.1 Å². The van der Waals surface area contributed by atoms with Gasteiger partial charge in [-0.2, -0.15) is 0 Å². The number of nitrogens with zero attached hydrogens (tertiary/aromatic N) is 2. The molecular weight excluding hydrogens is 266 g/mol. The Balaban J connectivity index is 2.12. The standard InChI is InChI=1S/C13H18ClN3O2/c1-19-8-9-3-2-4-17(7-9)13(18)11-5-10(15)6-16-12(11)14/h5-6,9H,2-4,7-8,15H2,1H3. The summed E-state index contributed by atoms with van der Waals surface area (Å²) in [7, 11) is 1.68.